The van der Waals surface area contributed by atoms with E-state index in [1.54, 1.807) is 0 Å². The minimum atomic E-state index is -1.57. The smallest absolute Gasteiger partial charge is 0.326 e. The molecule has 10 N–H and O–H groups in total. The van der Waals surface area contributed by atoms with Crippen LogP contribution in [0.2, 0.25) is 0 Å². The summed E-state index contributed by atoms with van der Waals surface area (Å²) >= 11 is 0. The van der Waals surface area contributed by atoms with Crippen molar-refractivity contribution >= 4 is 35.6 Å². The number of amides is 4. The lowest BCUT2D eigenvalue weighted by molar-refractivity contribution is -0.143. The zero-order valence-electron chi connectivity index (χ0n) is 13.6. The van der Waals surface area contributed by atoms with Crippen molar-refractivity contribution in [3.8, 4) is 0 Å². The van der Waals surface area contributed by atoms with Crippen LogP contribution in [0.3, 0.4) is 0 Å². The lowest BCUT2D eigenvalue weighted by atomic mass is 10.1. The molecule has 0 fully saturated rings. The second-order valence-corrected chi connectivity index (χ2v) is 5.34. The monoisotopic (exact) mass is 375 g/mol. The van der Waals surface area contributed by atoms with Crippen LogP contribution in [0.4, 0.5) is 0 Å². The summed E-state index contributed by atoms with van der Waals surface area (Å²) in [5.74, 6) is -6.71. The summed E-state index contributed by atoms with van der Waals surface area (Å²) in [6, 6.07) is -4.58. The Bertz CT molecular complexity index is 593. The Labute approximate surface area is 147 Å². The fourth-order valence-corrected chi connectivity index (χ4v) is 1.79. The van der Waals surface area contributed by atoms with Crippen molar-refractivity contribution in [2.45, 2.75) is 43.8 Å². The molecule has 0 bridgehead atoms. The lowest BCUT2D eigenvalue weighted by Crippen LogP contribution is -2.55. The quantitative estimate of drug-likeness (QED) is 0.175. The molecule has 0 aliphatic heterocycles. The maximum absolute atomic E-state index is 12.1. The van der Waals surface area contributed by atoms with Crippen LogP contribution in [0.15, 0.2) is 0 Å². The maximum Gasteiger partial charge on any atom is 0.326 e. The van der Waals surface area contributed by atoms with Crippen LogP contribution < -0.4 is 27.8 Å². The zero-order valence-corrected chi connectivity index (χ0v) is 13.6. The van der Waals surface area contributed by atoms with Crippen molar-refractivity contribution in [1.29, 1.82) is 0 Å². The molecule has 3 unspecified atom stereocenters. The van der Waals surface area contributed by atoms with E-state index in [1.165, 1.54) is 0 Å². The van der Waals surface area contributed by atoms with E-state index in [-0.39, 0.29) is 12.8 Å². The highest BCUT2D eigenvalue weighted by Gasteiger charge is 2.29. The van der Waals surface area contributed by atoms with Crippen LogP contribution in [0.1, 0.15) is 25.7 Å². The second-order valence-electron chi connectivity index (χ2n) is 5.34. The van der Waals surface area contributed by atoms with Crippen molar-refractivity contribution in [3.05, 3.63) is 0 Å². The van der Waals surface area contributed by atoms with Gasteiger partial charge < -0.3 is 38.0 Å². The molecule has 0 aromatic carbocycles. The first kappa shape index (κ1) is 22.8. The highest BCUT2D eigenvalue weighted by Crippen LogP contribution is 2.01. The summed E-state index contributed by atoms with van der Waals surface area (Å²) in [7, 11) is 0. The minimum Gasteiger partial charge on any atom is -0.481 e. The summed E-state index contributed by atoms with van der Waals surface area (Å²) in [5.41, 5.74) is 15.2. The third-order valence-electron chi connectivity index (χ3n) is 3.06. The molecule has 0 radical (unpaired) electrons. The Morgan fingerprint density at radius 3 is 1.77 bits per heavy atom. The first-order valence-electron chi connectivity index (χ1n) is 7.31. The highest BCUT2D eigenvalue weighted by atomic mass is 16.4. The molecule has 13 nitrogen and oxygen atoms in total. The molecular weight excluding hydrogens is 354 g/mol. The standard InChI is InChI=1S/C13H21N5O8/c14-5(3-10(21)22)11(23)18-7(4-9(16)20)12(24)17-6(13(25)26)1-2-8(15)19/h5-7H,1-4,14H2,(H2,15,19)(H2,16,20)(H,17,24)(H,18,23)(H,21,22)(H,25,26). The molecule has 26 heavy (non-hydrogen) atoms. The van der Waals surface area contributed by atoms with E-state index < -0.39 is 66.5 Å². The average molecular weight is 375 g/mol. The summed E-state index contributed by atoms with van der Waals surface area (Å²) < 4.78 is 0. The number of aliphatic carboxylic acids is 2. The first-order chi connectivity index (χ1) is 11.9. The molecule has 4 amide bonds. The molecule has 0 aromatic heterocycles. The number of carbonyl (C=O) groups excluding carboxylic acids is 4. The fraction of sp³-hybridized carbons (Fsp3) is 0.538. The van der Waals surface area contributed by atoms with E-state index in [0.717, 1.165) is 0 Å². The van der Waals surface area contributed by atoms with Crippen LogP contribution in [-0.2, 0) is 28.8 Å². The average Bonchev–Trinajstić information content (AvgIpc) is 2.48. The number of hydrogen-bond acceptors (Lipinski definition) is 7. The van der Waals surface area contributed by atoms with Crippen LogP contribution in [-0.4, -0.2) is 63.9 Å². The lowest BCUT2D eigenvalue weighted by Gasteiger charge is -2.21. The molecule has 0 saturated carbocycles. The van der Waals surface area contributed by atoms with Gasteiger partial charge in [0.25, 0.3) is 0 Å². The Hall–Kier alpha value is -3.22. The van der Waals surface area contributed by atoms with Gasteiger partial charge in [0, 0.05) is 6.42 Å². The molecule has 0 rings (SSSR count). The van der Waals surface area contributed by atoms with E-state index in [0.29, 0.717) is 0 Å². The molecule has 0 spiro atoms. The van der Waals surface area contributed by atoms with Gasteiger partial charge in [-0.3, -0.25) is 24.0 Å². The topological polar surface area (TPSA) is 245 Å². The van der Waals surface area contributed by atoms with Crippen molar-refractivity contribution in [3.63, 3.8) is 0 Å². The largest absolute Gasteiger partial charge is 0.481 e. The van der Waals surface area contributed by atoms with Crippen LogP contribution >= 0.6 is 0 Å². The number of primary amides is 2. The molecule has 0 aliphatic carbocycles. The number of carboxylic acids is 2. The number of carboxylic acid groups (broad SMARTS) is 2. The number of nitrogens with two attached hydrogens (primary N) is 3. The first-order valence-corrected chi connectivity index (χ1v) is 7.31. The van der Waals surface area contributed by atoms with Crippen molar-refractivity contribution < 1.29 is 39.0 Å². The Morgan fingerprint density at radius 2 is 1.35 bits per heavy atom. The van der Waals surface area contributed by atoms with Gasteiger partial charge >= 0.3 is 11.9 Å². The molecule has 3 atom stereocenters. The van der Waals surface area contributed by atoms with Gasteiger partial charge in [0.05, 0.1) is 18.9 Å². The predicted molar refractivity (Wildman–Crippen MR) is 84.0 cm³/mol. The Balaban J connectivity index is 5.08. The van der Waals surface area contributed by atoms with Crippen molar-refractivity contribution in [2.75, 3.05) is 0 Å². The van der Waals surface area contributed by atoms with E-state index in [9.17, 15) is 28.8 Å². The van der Waals surface area contributed by atoms with Gasteiger partial charge in [-0.25, -0.2) is 4.79 Å². The zero-order chi connectivity index (χ0) is 20.4. The van der Waals surface area contributed by atoms with Gasteiger partial charge in [0.15, 0.2) is 0 Å². The van der Waals surface area contributed by atoms with E-state index in [4.69, 9.17) is 27.4 Å². The number of carbonyl (C=O) groups is 6. The third-order valence-corrected chi connectivity index (χ3v) is 3.06. The normalized spacial score (nSPS) is 13.7. The molecule has 146 valence electrons. The summed E-state index contributed by atoms with van der Waals surface area (Å²) in [5, 5.41) is 21.7. The van der Waals surface area contributed by atoms with Gasteiger partial charge in [-0.05, 0) is 6.42 Å². The SMILES string of the molecule is NC(=O)CCC(NC(=O)C(CC(N)=O)NC(=O)C(N)CC(=O)O)C(=O)O. The summed E-state index contributed by atoms with van der Waals surface area (Å²) in [4.78, 5) is 67.4. The highest BCUT2D eigenvalue weighted by molar-refractivity contribution is 5.95. The van der Waals surface area contributed by atoms with Crippen LogP contribution in [0, 0.1) is 0 Å². The number of rotatable bonds is 12. The minimum absolute atomic E-state index is 0.313. The molecule has 0 aromatic rings. The fourth-order valence-electron chi connectivity index (χ4n) is 1.79. The number of hydrogen-bond donors (Lipinski definition) is 7. The Kier molecular flexibility index (Phi) is 9.29. The molecule has 0 aliphatic rings. The van der Waals surface area contributed by atoms with Gasteiger partial charge in [0.2, 0.25) is 23.6 Å². The molecule has 13 heteroatoms. The van der Waals surface area contributed by atoms with Crippen molar-refractivity contribution in [1.82, 2.24) is 10.6 Å². The second kappa shape index (κ2) is 10.6. The summed E-state index contributed by atoms with van der Waals surface area (Å²) in [6.07, 6.45) is -2.05. The van der Waals surface area contributed by atoms with Gasteiger partial charge in [-0.2, -0.15) is 0 Å². The maximum atomic E-state index is 12.1. The molecule has 0 heterocycles. The van der Waals surface area contributed by atoms with E-state index >= 15 is 0 Å². The van der Waals surface area contributed by atoms with Crippen LogP contribution in [0.5, 0.6) is 0 Å². The molecule has 0 saturated heterocycles. The molecular formula is C13H21N5O8. The van der Waals surface area contributed by atoms with E-state index in [1.807, 2.05) is 10.6 Å². The van der Waals surface area contributed by atoms with Crippen molar-refractivity contribution in [2.24, 2.45) is 17.2 Å². The Morgan fingerprint density at radius 1 is 0.808 bits per heavy atom. The predicted octanol–water partition coefficient (Wildman–Crippen LogP) is -4.02. The van der Waals surface area contributed by atoms with Gasteiger partial charge in [-0.1, -0.05) is 0 Å². The summed E-state index contributed by atoms with van der Waals surface area (Å²) in [6.45, 7) is 0. The van der Waals surface area contributed by atoms with Gasteiger partial charge in [-0.15, -0.1) is 0 Å². The van der Waals surface area contributed by atoms with Crippen LogP contribution in [0.25, 0.3) is 0 Å². The van der Waals surface area contributed by atoms with Gasteiger partial charge in [0.1, 0.15) is 12.1 Å². The number of nitrogens with one attached hydrogen (secondary N) is 2. The third kappa shape index (κ3) is 9.17. The van der Waals surface area contributed by atoms with E-state index in [2.05, 4.69) is 0 Å².